The molecule has 1 aromatic rings. The van der Waals surface area contributed by atoms with Crippen molar-refractivity contribution in [1.82, 2.24) is 4.98 Å². The molecule has 0 spiro atoms. The molecule has 0 aromatic carbocycles. The molecule has 0 saturated heterocycles. The van der Waals surface area contributed by atoms with E-state index in [4.69, 9.17) is 5.11 Å². The molecule has 0 atom stereocenters. The molecule has 1 rings (SSSR count). The van der Waals surface area contributed by atoms with Gasteiger partial charge in [0.2, 0.25) is 5.88 Å². The highest BCUT2D eigenvalue weighted by Crippen LogP contribution is 2.31. The maximum Gasteiger partial charge on any atom is 0.574 e. The number of halogens is 5. The van der Waals surface area contributed by atoms with Gasteiger partial charge in [-0.3, -0.25) is 0 Å². The van der Waals surface area contributed by atoms with Crippen molar-refractivity contribution in [2.45, 2.75) is 6.36 Å². The molecule has 0 fully saturated rings. The van der Waals surface area contributed by atoms with Crippen LogP contribution in [0.4, 0.5) is 17.6 Å². The molecule has 0 unspecified atom stereocenters. The van der Waals surface area contributed by atoms with Crippen LogP contribution in [0.3, 0.4) is 0 Å². The number of aromatic hydroxyl groups is 1. The molecule has 78 valence electrons. The molecule has 0 saturated carbocycles. The summed E-state index contributed by atoms with van der Waals surface area (Å²) in [5.41, 5.74) is 0. The second kappa shape index (κ2) is 3.60. The second-order valence-electron chi connectivity index (χ2n) is 2.13. The topological polar surface area (TPSA) is 42.4 Å². The Labute approximate surface area is 83.5 Å². The minimum absolute atomic E-state index is 0.297. The molecule has 0 aliphatic heterocycles. The lowest BCUT2D eigenvalue weighted by molar-refractivity contribution is -0.276. The van der Waals surface area contributed by atoms with Gasteiger partial charge in [-0.15, -0.1) is 13.2 Å². The zero-order chi connectivity index (χ0) is 10.9. The van der Waals surface area contributed by atoms with Gasteiger partial charge in [0.25, 0.3) is 5.95 Å². The fourth-order valence-electron chi connectivity index (χ4n) is 0.622. The third-order valence-electron chi connectivity index (χ3n) is 1.09. The highest BCUT2D eigenvalue weighted by Gasteiger charge is 2.33. The Hall–Kier alpha value is -1.05. The van der Waals surface area contributed by atoms with E-state index in [2.05, 4.69) is 25.7 Å². The molecule has 0 amide bonds. The highest BCUT2D eigenvalue weighted by atomic mass is 79.9. The molecule has 0 radical (unpaired) electrons. The molecule has 0 aliphatic rings. The van der Waals surface area contributed by atoms with Crippen molar-refractivity contribution in [2.75, 3.05) is 0 Å². The number of pyridine rings is 1. The molecular formula is C6H2BrF4NO2. The van der Waals surface area contributed by atoms with Crippen LogP contribution in [-0.4, -0.2) is 16.5 Å². The van der Waals surface area contributed by atoms with Gasteiger partial charge in [0, 0.05) is 6.07 Å². The van der Waals surface area contributed by atoms with E-state index in [0.29, 0.717) is 6.07 Å². The lowest BCUT2D eigenvalue weighted by atomic mass is 10.4. The minimum Gasteiger partial charge on any atom is -0.504 e. The number of ether oxygens (including phenoxy) is 1. The Morgan fingerprint density at radius 1 is 1.43 bits per heavy atom. The molecule has 1 heterocycles. The number of nitrogens with zero attached hydrogens (tertiary/aromatic N) is 1. The Balaban J connectivity index is 3.04. The van der Waals surface area contributed by atoms with Crippen LogP contribution in [-0.2, 0) is 0 Å². The predicted octanol–water partition coefficient (Wildman–Crippen LogP) is 2.59. The van der Waals surface area contributed by atoms with Crippen molar-refractivity contribution in [3.63, 3.8) is 0 Å². The molecule has 0 aliphatic carbocycles. The lowest BCUT2D eigenvalue weighted by Crippen LogP contribution is -2.18. The third-order valence-corrected chi connectivity index (χ3v) is 1.66. The SMILES string of the molecule is Oc1cc(Br)c(OC(F)(F)F)nc1F. The van der Waals surface area contributed by atoms with Crippen LogP contribution in [0.5, 0.6) is 11.6 Å². The summed E-state index contributed by atoms with van der Waals surface area (Å²) in [7, 11) is 0. The zero-order valence-electron chi connectivity index (χ0n) is 6.27. The summed E-state index contributed by atoms with van der Waals surface area (Å²) in [6, 6.07) is 0.712. The van der Waals surface area contributed by atoms with E-state index in [1.54, 1.807) is 0 Å². The van der Waals surface area contributed by atoms with Crippen LogP contribution in [0.15, 0.2) is 10.5 Å². The molecule has 3 nitrogen and oxygen atoms in total. The van der Waals surface area contributed by atoms with Crippen LogP contribution in [0.1, 0.15) is 0 Å². The van der Waals surface area contributed by atoms with Gasteiger partial charge in [0.05, 0.1) is 4.47 Å². The van der Waals surface area contributed by atoms with Crippen molar-refractivity contribution < 1.29 is 27.4 Å². The van der Waals surface area contributed by atoms with Crippen molar-refractivity contribution >= 4 is 15.9 Å². The number of hydrogen-bond donors (Lipinski definition) is 1. The summed E-state index contributed by atoms with van der Waals surface area (Å²) in [5.74, 6) is -3.30. The van der Waals surface area contributed by atoms with Gasteiger partial charge in [-0.25, -0.2) is 0 Å². The maximum atomic E-state index is 12.5. The first-order valence-corrected chi connectivity index (χ1v) is 3.89. The fourth-order valence-corrected chi connectivity index (χ4v) is 1.01. The first-order valence-electron chi connectivity index (χ1n) is 3.10. The van der Waals surface area contributed by atoms with Crippen LogP contribution in [0, 0.1) is 5.95 Å². The van der Waals surface area contributed by atoms with Gasteiger partial charge in [-0.05, 0) is 15.9 Å². The quantitative estimate of drug-likeness (QED) is 0.633. The van der Waals surface area contributed by atoms with Crippen LogP contribution in [0.25, 0.3) is 0 Å². The maximum absolute atomic E-state index is 12.5. The van der Waals surface area contributed by atoms with Gasteiger partial charge < -0.3 is 9.84 Å². The number of rotatable bonds is 1. The van der Waals surface area contributed by atoms with Crippen molar-refractivity contribution in [3.05, 3.63) is 16.5 Å². The Bertz CT molecular complexity index is 354. The standard InChI is InChI=1S/C6H2BrF4NO2/c7-2-1-3(13)4(8)12-5(2)14-6(9,10)11/h1,13H. The molecule has 1 aromatic heterocycles. The average molecular weight is 276 g/mol. The first kappa shape index (κ1) is 11.0. The van der Waals surface area contributed by atoms with Crippen molar-refractivity contribution in [2.24, 2.45) is 0 Å². The Morgan fingerprint density at radius 2 is 2.00 bits per heavy atom. The summed E-state index contributed by atoms with van der Waals surface area (Å²) in [6.45, 7) is 0. The van der Waals surface area contributed by atoms with Crippen LogP contribution < -0.4 is 4.74 Å². The number of hydrogen-bond acceptors (Lipinski definition) is 3. The van der Waals surface area contributed by atoms with Gasteiger partial charge in [-0.1, -0.05) is 0 Å². The smallest absolute Gasteiger partial charge is 0.504 e. The van der Waals surface area contributed by atoms with Gasteiger partial charge in [0.1, 0.15) is 0 Å². The van der Waals surface area contributed by atoms with Gasteiger partial charge >= 0.3 is 6.36 Å². The molecule has 14 heavy (non-hydrogen) atoms. The highest BCUT2D eigenvalue weighted by molar-refractivity contribution is 9.10. The van der Waals surface area contributed by atoms with E-state index in [1.807, 2.05) is 0 Å². The van der Waals surface area contributed by atoms with E-state index < -0.39 is 23.9 Å². The predicted molar refractivity (Wildman–Crippen MR) is 40.2 cm³/mol. The summed E-state index contributed by atoms with van der Waals surface area (Å²) in [4.78, 5) is 2.75. The number of aromatic nitrogens is 1. The molecular weight excluding hydrogens is 274 g/mol. The van der Waals surface area contributed by atoms with Crippen LogP contribution in [0.2, 0.25) is 0 Å². The second-order valence-corrected chi connectivity index (χ2v) is 2.99. The monoisotopic (exact) mass is 275 g/mol. The summed E-state index contributed by atoms with van der Waals surface area (Å²) < 4.78 is 50.6. The van der Waals surface area contributed by atoms with Crippen molar-refractivity contribution in [1.29, 1.82) is 0 Å². The van der Waals surface area contributed by atoms with E-state index in [0.717, 1.165) is 0 Å². The Morgan fingerprint density at radius 3 is 2.50 bits per heavy atom. The fraction of sp³-hybridized carbons (Fsp3) is 0.167. The minimum atomic E-state index is -4.96. The third kappa shape index (κ3) is 2.72. The number of alkyl halides is 3. The summed E-state index contributed by atoms with van der Waals surface area (Å²) in [5, 5.41) is 8.72. The van der Waals surface area contributed by atoms with Crippen molar-refractivity contribution in [3.8, 4) is 11.6 Å². The lowest BCUT2D eigenvalue weighted by Gasteiger charge is -2.09. The molecule has 1 N–H and O–H groups in total. The van der Waals surface area contributed by atoms with E-state index >= 15 is 0 Å². The van der Waals surface area contributed by atoms with E-state index in [1.165, 1.54) is 0 Å². The average Bonchev–Trinajstić information content (AvgIpc) is 1.97. The van der Waals surface area contributed by atoms with E-state index in [9.17, 15) is 17.6 Å². The summed E-state index contributed by atoms with van der Waals surface area (Å²) >= 11 is 2.62. The largest absolute Gasteiger partial charge is 0.574 e. The molecule has 0 bridgehead atoms. The zero-order valence-corrected chi connectivity index (χ0v) is 7.86. The summed E-state index contributed by atoms with van der Waals surface area (Å²) in [6.07, 6.45) is -4.96. The van der Waals surface area contributed by atoms with Gasteiger partial charge in [-0.2, -0.15) is 9.37 Å². The normalized spacial score (nSPS) is 11.5. The molecule has 8 heteroatoms. The van der Waals surface area contributed by atoms with E-state index in [-0.39, 0.29) is 4.47 Å². The first-order chi connectivity index (χ1) is 6.29. The Kier molecular flexibility index (Phi) is 2.84. The van der Waals surface area contributed by atoms with Crippen LogP contribution >= 0.6 is 15.9 Å². The van der Waals surface area contributed by atoms with Gasteiger partial charge in [0.15, 0.2) is 5.75 Å².